The molecule has 0 saturated heterocycles. The van der Waals surface area contributed by atoms with Crippen LogP contribution < -0.4 is 0 Å². The van der Waals surface area contributed by atoms with Crippen molar-refractivity contribution in [2.75, 3.05) is 0 Å². The smallest absolute Gasteiger partial charge is 0.00129 e. The van der Waals surface area contributed by atoms with Crippen LogP contribution in [0, 0.1) is 0 Å². The van der Waals surface area contributed by atoms with Gasteiger partial charge in [-0.25, -0.2) is 0 Å². The predicted octanol–water partition coefficient (Wildman–Crippen LogP) is 5.62. The minimum atomic E-state index is 0.220. The number of unbranched alkanes of at least 4 members (excludes halogenated alkanes) is 1. The van der Waals surface area contributed by atoms with Gasteiger partial charge in [-0.2, -0.15) is 0 Å². The third-order valence-electron chi connectivity index (χ3n) is 3.58. The molecule has 0 fully saturated rings. The van der Waals surface area contributed by atoms with Gasteiger partial charge in [0, 0.05) is 0 Å². The lowest BCUT2D eigenvalue weighted by Gasteiger charge is -2.22. The predicted molar refractivity (Wildman–Crippen MR) is 82.4 cm³/mol. The van der Waals surface area contributed by atoms with E-state index in [4.69, 9.17) is 0 Å². The van der Waals surface area contributed by atoms with Crippen molar-refractivity contribution in [3.8, 4) is 0 Å². The van der Waals surface area contributed by atoms with Crippen molar-refractivity contribution in [2.24, 2.45) is 0 Å². The molecule has 18 heavy (non-hydrogen) atoms. The molecule has 1 rings (SSSR count). The zero-order chi connectivity index (χ0) is 13.8. The Kier molecular flexibility index (Phi) is 5.19. The molecule has 1 aromatic carbocycles. The zero-order valence-corrected chi connectivity index (χ0v) is 12.7. The van der Waals surface area contributed by atoms with Gasteiger partial charge in [0.15, 0.2) is 0 Å². The van der Waals surface area contributed by atoms with Crippen molar-refractivity contribution < 1.29 is 0 Å². The maximum atomic E-state index is 3.92. The minimum absolute atomic E-state index is 0.220. The van der Waals surface area contributed by atoms with Gasteiger partial charge in [-0.15, -0.1) is 6.58 Å². The summed E-state index contributed by atoms with van der Waals surface area (Å²) < 4.78 is 0. The lowest BCUT2D eigenvalue weighted by molar-refractivity contribution is 0.587. The molecule has 0 nitrogen and oxygen atoms in total. The van der Waals surface area contributed by atoms with E-state index in [2.05, 4.69) is 59.4 Å². The molecule has 0 amide bonds. The number of aryl methyl sites for hydroxylation is 1. The van der Waals surface area contributed by atoms with Crippen molar-refractivity contribution in [2.45, 2.75) is 65.2 Å². The largest absolute Gasteiger partial charge is 0.102 e. The van der Waals surface area contributed by atoms with Crippen LogP contribution in [0.2, 0.25) is 0 Å². The van der Waals surface area contributed by atoms with Crippen molar-refractivity contribution >= 4 is 0 Å². The van der Waals surface area contributed by atoms with E-state index in [1.54, 1.807) is 0 Å². The Hall–Kier alpha value is -1.04. The van der Waals surface area contributed by atoms with Gasteiger partial charge in [0.1, 0.15) is 0 Å². The molecule has 0 heterocycles. The first-order valence-corrected chi connectivity index (χ1v) is 7.15. The molecule has 0 aromatic heterocycles. The Labute approximate surface area is 113 Å². The van der Waals surface area contributed by atoms with E-state index < -0.39 is 0 Å². The maximum Gasteiger partial charge on any atom is -0.00129 e. The highest BCUT2D eigenvalue weighted by Crippen LogP contribution is 2.28. The van der Waals surface area contributed by atoms with Gasteiger partial charge in [0.2, 0.25) is 0 Å². The molecule has 0 N–H and O–H groups in total. The molecule has 1 atom stereocenters. The maximum absolute atomic E-state index is 3.92. The second-order valence-corrected chi connectivity index (χ2v) is 6.34. The third kappa shape index (κ3) is 4.01. The molecule has 0 aliphatic heterocycles. The summed E-state index contributed by atoms with van der Waals surface area (Å²) in [5, 5.41) is 0. The van der Waals surface area contributed by atoms with Gasteiger partial charge >= 0.3 is 0 Å². The van der Waals surface area contributed by atoms with Crippen molar-refractivity contribution in [3.05, 3.63) is 47.5 Å². The quantitative estimate of drug-likeness (QED) is 0.590. The molecule has 100 valence electrons. The van der Waals surface area contributed by atoms with Gasteiger partial charge in [0.25, 0.3) is 0 Å². The number of hydrogen-bond donors (Lipinski definition) is 0. The van der Waals surface area contributed by atoms with E-state index in [0.717, 1.165) is 0 Å². The Bertz CT molecular complexity index is 393. The number of benzene rings is 1. The van der Waals surface area contributed by atoms with Crippen LogP contribution in [-0.4, -0.2) is 0 Å². The van der Waals surface area contributed by atoms with E-state index in [-0.39, 0.29) is 5.41 Å². The summed E-state index contributed by atoms with van der Waals surface area (Å²) in [6, 6.07) is 7.09. The van der Waals surface area contributed by atoms with E-state index >= 15 is 0 Å². The van der Waals surface area contributed by atoms with Gasteiger partial charge in [0.05, 0.1) is 0 Å². The average molecular weight is 244 g/mol. The van der Waals surface area contributed by atoms with Crippen LogP contribution in [0.3, 0.4) is 0 Å². The summed E-state index contributed by atoms with van der Waals surface area (Å²) in [6.07, 6.45) is 5.75. The van der Waals surface area contributed by atoms with Gasteiger partial charge < -0.3 is 0 Å². The Balaban J connectivity index is 3.15. The number of hydrogen-bond acceptors (Lipinski definition) is 0. The molecular weight excluding hydrogens is 216 g/mol. The summed E-state index contributed by atoms with van der Waals surface area (Å²) in [6.45, 7) is 15.3. The van der Waals surface area contributed by atoms with Crippen LogP contribution in [0.5, 0.6) is 0 Å². The van der Waals surface area contributed by atoms with Crippen LogP contribution in [0.1, 0.15) is 70.1 Å². The lowest BCUT2D eigenvalue weighted by atomic mass is 9.83. The van der Waals surface area contributed by atoms with E-state index in [1.165, 1.54) is 36.0 Å². The molecule has 1 aromatic rings. The molecular formula is C18H28. The topological polar surface area (TPSA) is 0 Å². The highest BCUT2D eigenvalue weighted by Gasteiger charge is 2.16. The fourth-order valence-electron chi connectivity index (χ4n) is 2.08. The van der Waals surface area contributed by atoms with Gasteiger partial charge in [-0.05, 0) is 40.9 Å². The SMILES string of the molecule is C=CC(C)c1cc(CCCC)cc(C(C)(C)C)c1. The van der Waals surface area contributed by atoms with Crippen LogP contribution in [-0.2, 0) is 11.8 Å². The molecule has 0 spiro atoms. The van der Waals surface area contributed by atoms with Crippen LogP contribution in [0.15, 0.2) is 30.9 Å². The lowest BCUT2D eigenvalue weighted by Crippen LogP contribution is -2.12. The van der Waals surface area contributed by atoms with Gasteiger partial charge in [-0.1, -0.05) is 65.3 Å². The van der Waals surface area contributed by atoms with Gasteiger partial charge in [-0.3, -0.25) is 0 Å². The number of allylic oxidation sites excluding steroid dienone is 1. The van der Waals surface area contributed by atoms with Crippen LogP contribution >= 0.6 is 0 Å². The number of rotatable bonds is 5. The summed E-state index contributed by atoms with van der Waals surface area (Å²) in [4.78, 5) is 0. The van der Waals surface area contributed by atoms with E-state index in [0.29, 0.717) is 5.92 Å². The van der Waals surface area contributed by atoms with Crippen LogP contribution in [0.25, 0.3) is 0 Å². The molecule has 0 aliphatic carbocycles. The first-order chi connectivity index (χ1) is 8.38. The Morgan fingerprint density at radius 2 is 1.89 bits per heavy atom. The summed E-state index contributed by atoms with van der Waals surface area (Å²) >= 11 is 0. The molecule has 1 unspecified atom stereocenters. The van der Waals surface area contributed by atoms with Crippen LogP contribution in [0.4, 0.5) is 0 Å². The summed E-state index contributed by atoms with van der Waals surface area (Å²) in [7, 11) is 0. The molecule has 0 aliphatic rings. The fraction of sp³-hybridized carbons (Fsp3) is 0.556. The van der Waals surface area contributed by atoms with Crippen molar-refractivity contribution in [3.63, 3.8) is 0 Å². The monoisotopic (exact) mass is 244 g/mol. The summed E-state index contributed by atoms with van der Waals surface area (Å²) in [5.74, 6) is 0.438. The second-order valence-electron chi connectivity index (χ2n) is 6.34. The second kappa shape index (κ2) is 6.22. The fourth-order valence-corrected chi connectivity index (χ4v) is 2.08. The first kappa shape index (κ1) is 15.0. The first-order valence-electron chi connectivity index (χ1n) is 7.15. The molecule has 0 bridgehead atoms. The Morgan fingerprint density at radius 1 is 1.22 bits per heavy atom. The molecule has 0 heteroatoms. The van der Waals surface area contributed by atoms with E-state index in [9.17, 15) is 0 Å². The summed E-state index contributed by atoms with van der Waals surface area (Å²) in [5.41, 5.74) is 4.55. The highest BCUT2D eigenvalue weighted by molar-refractivity contribution is 5.37. The average Bonchev–Trinajstić information content (AvgIpc) is 2.33. The highest BCUT2D eigenvalue weighted by atomic mass is 14.2. The zero-order valence-electron chi connectivity index (χ0n) is 12.7. The Morgan fingerprint density at radius 3 is 2.39 bits per heavy atom. The standard InChI is InChI=1S/C18H28/c1-7-9-10-15-11-16(14(3)8-2)13-17(12-15)18(4,5)6/h8,11-14H,2,7,9-10H2,1,3-6H3. The van der Waals surface area contributed by atoms with Crippen molar-refractivity contribution in [1.82, 2.24) is 0 Å². The van der Waals surface area contributed by atoms with Crippen molar-refractivity contribution in [1.29, 1.82) is 0 Å². The normalized spacial score (nSPS) is 13.4. The third-order valence-corrected chi connectivity index (χ3v) is 3.58. The minimum Gasteiger partial charge on any atom is -0.102 e. The molecule has 0 saturated carbocycles. The molecule has 0 radical (unpaired) electrons. The van der Waals surface area contributed by atoms with E-state index in [1.807, 2.05) is 6.08 Å².